The van der Waals surface area contributed by atoms with Gasteiger partial charge >= 0.3 is 0 Å². The fourth-order valence-electron chi connectivity index (χ4n) is 1.76. The molecule has 0 aromatic carbocycles. The summed E-state index contributed by atoms with van der Waals surface area (Å²) in [5.41, 5.74) is -0.0611. The zero-order valence-electron chi connectivity index (χ0n) is 11.2. The molecule has 0 spiro atoms. The van der Waals surface area contributed by atoms with Gasteiger partial charge in [0.05, 0.1) is 5.60 Å². The normalized spacial score (nSPS) is 14.8. The lowest BCUT2D eigenvalue weighted by molar-refractivity contribution is -0.0555. The van der Waals surface area contributed by atoms with Crippen molar-refractivity contribution in [2.45, 2.75) is 71.5 Å². The van der Waals surface area contributed by atoms with Crippen molar-refractivity contribution in [2.24, 2.45) is 0 Å². The predicted molar refractivity (Wildman–Crippen MR) is 66.4 cm³/mol. The molecule has 0 aliphatic heterocycles. The molecule has 1 unspecified atom stereocenters. The predicted octanol–water partition coefficient (Wildman–Crippen LogP) is 2.86. The Morgan fingerprint density at radius 1 is 1.24 bits per heavy atom. The van der Waals surface area contributed by atoms with Crippen LogP contribution < -0.4 is 0 Å². The van der Waals surface area contributed by atoms with Gasteiger partial charge in [-0.05, 0) is 19.8 Å². The van der Waals surface area contributed by atoms with E-state index < -0.39 is 0 Å². The SMILES string of the molecule is CCCCCCC(C)(CC)OCc1nn[nH]n1. The number of nitrogens with zero attached hydrogens (tertiary/aromatic N) is 3. The summed E-state index contributed by atoms with van der Waals surface area (Å²) in [5, 5.41) is 13.7. The second kappa shape index (κ2) is 7.37. The van der Waals surface area contributed by atoms with Gasteiger partial charge in [0, 0.05) is 0 Å². The van der Waals surface area contributed by atoms with E-state index in [0.29, 0.717) is 12.4 Å². The largest absolute Gasteiger partial charge is 0.367 e. The molecule has 0 fully saturated rings. The molecule has 0 saturated carbocycles. The summed E-state index contributed by atoms with van der Waals surface area (Å²) >= 11 is 0. The topological polar surface area (TPSA) is 63.7 Å². The number of unbranched alkanes of at least 4 members (excludes halogenated alkanes) is 3. The highest BCUT2D eigenvalue weighted by molar-refractivity contribution is 4.77. The maximum Gasteiger partial charge on any atom is 0.200 e. The van der Waals surface area contributed by atoms with Crippen molar-refractivity contribution in [2.75, 3.05) is 0 Å². The maximum atomic E-state index is 5.92. The summed E-state index contributed by atoms with van der Waals surface area (Å²) in [6.07, 6.45) is 7.21. The summed E-state index contributed by atoms with van der Waals surface area (Å²) in [7, 11) is 0. The minimum atomic E-state index is -0.0611. The number of aromatic nitrogens is 4. The third kappa shape index (κ3) is 5.26. The molecule has 0 saturated heterocycles. The van der Waals surface area contributed by atoms with Crippen LogP contribution in [-0.4, -0.2) is 26.2 Å². The van der Waals surface area contributed by atoms with Crippen molar-refractivity contribution in [3.05, 3.63) is 5.82 Å². The van der Waals surface area contributed by atoms with Crippen LogP contribution in [-0.2, 0) is 11.3 Å². The Morgan fingerprint density at radius 3 is 2.65 bits per heavy atom. The lowest BCUT2D eigenvalue weighted by Gasteiger charge is -2.28. The number of tetrazole rings is 1. The van der Waals surface area contributed by atoms with Crippen LogP contribution in [0.3, 0.4) is 0 Å². The number of ether oxygens (including phenoxy) is 1. The van der Waals surface area contributed by atoms with Gasteiger partial charge in [0.1, 0.15) is 6.61 Å². The molecule has 1 N–H and O–H groups in total. The van der Waals surface area contributed by atoms with Crippen LogP contribution in [0.1, 0.15) is 65.1 Å². The van der Waals surface area contributed by atoms with Crippen molar-refractivity contribution in [1.82, 2.24) is 20.6 Å². The fourth-order valence-corrected chi connectivity index (χ4v) is 1.76. The van der Waals surface area contributed by atoms with Crippen molar-refractivity contribution in [3.63, 3.8) is 0 Å². The highest BCUT2D eigenvalue weighted by atomic mass is 16.5. The second-order valence-electron chi connectivity index (χ2n) is 4.73. The van der Waals surface area contributed by atoms with Crippen LogP contribution >= 0.6 is 0 Å². The Hall–Kier alpha value is -0.970. The number of nitrogens with one attached hydrogen (secondary N) is 1. The third-order valence-electron chi connectivity index (χ3n) is 3.25. The summed E-state index contributed by atoms with van der Waals surface area (Å²) in [6.45, 7) is 7.00. The summed E-state index contributed by atoms with van der Waals surface area (Å²) in [5.74, 6) is 0.623. The fraction of sp³-hybridized carbons (Fsp3) is 0.917. The van der Waals surface area contributed by atoms with Gasteiger partial charge in [0.2, 0.25) is 0 Å². The molecule has 1 aromatic rings. The summed E-state index contributed by atoms with van der Waals surface area (Å²) < 4.78 is 5.92. The van der Waals surface area contributed by atoms with Gasteiger partial charge in [-0.3, -0.25) is 0 Å². The number of aromatic amines is 1. The quantitative estimate of drug-likeness (QED) is 0.674. The highest BCUT2D eigenvalue weighted by Gasteiger charge is 2.22. The molecule has 0 amide bonds. The first-order valence-electron chi connectivity index (χ1n) is 6.56. The average molecular weight is 240 g/mol. The lowest BCUT2D eigenvalue weighted by atomic mass is 9.95. The Labute approximate surface area is 103 Å². The minimum Gasteiger partial charge on any atom is -0.367 e. The van der Waals surface area contributed by atoms with Crippen molar-refractivity contribution >= 4 is 0 Å². The van der Waals surface area contributed by atoms with Gasteiger partial charge < -0.3 is 4.74 Å². The third-order valence-corrected chi connectivity index (χ3v) is 3.25. The molecule has 0 aliphatic rings. The maximum absolute atomic E-state index is 5.92. The number of hydrogen-bond donors (Lipinski definition) is 1. The first kappa shape index (κ1) is 14.1. The summed E-state index contributed by atoms with van der Waals surface area (Å²) in [4.78, 5) is 0. The molecule has 1 atom stereocenters. The van der Waals surface area contributed by atoms with Gasteiger partial charge in [-0.25, -0.2) is 0 Å². The van der Waals surface area contributed by atoms with Gasteiger partial charge in [0.15, 0.2) is 5.82 Å². The van der Waals surface area contributed by atoms with Crippen molar-refractivity contribution in [3.8, 4) is 0 Å². The van der Waals surface area contributed by atoms with E-state index in [-0.39, 0.29) is 5.60 Å². The highest BCUT2D eigenvalue weighted by Crippen LogP contribution is 2.24. The molecule has 1 rings (SSSR count). The van der Waals surface area contributed by atoms with E-state index in [1.54, 1.807) is 0 Å². The van der Waals surface area contributed by atoms with E-state index in [2.05, 4.69) is 41.4 Å². The molecule has 0 radical (unpaired) electrons. The molecule has 1 aromatic heterocycles. The second-order valence-corrected chi connectivity index (χ2v) is 4.73. The van der Waals surface area contributed by atoms with Gasteiger partial charge in [-0.1, -0.05) is 44.7 Å². The Bertz CT molecular complexity index is 289. The molecular formula is C12H24N4O. The lowest BCUT2D eigenvalue weighted by Crippen LogP contribution is -2.27. The van der Waals surface area contributed by atoms with E-state index in [9.17, 15) is 0 Å². The monoisotopic (exact) mass is 240 g/mol. The average Bonchev–Trinajstić information content (AvgIpc) is 2.85. The number of hydrogen-bond acceptors (Lipinski definition) is 4. The van der Waals surface area contributed by atoms with Crippen LogP contribution in [0.2, 0.25) is 0 Å². The standard InChI is InChI=1S/C12H24N4O/c1-4-6-7-8-9-12(3,5-2)17-10-11-13-15-16-14-11/h4-10H2,1-3H3,(H,13,14,15,16). The van der Waals surface area contributed by atoms with Gasteiger partial charge in [0.25, 0.3) is 0 Å². The molecule has 98 valence electrons. The molecule has 5 heteroatoms. The first-order valence-corrected chi connectivity index (χ1v) is 6.56. The van der Waals surface area contributed by atoms with E-state index in [0.717, 1.165) is 12.8 Å². The number of rotatable bonds is 9. The smallest absolute Gasteiger partial charge is 0.200 e. The van der Waals surface area contributed by atoms with Crippen LogP contribution in [0.25, 0.3) is 0 Å². The Kier molecular flexibility index (Phi) is 6.11. The van der Waals surface area contributed by atoms with Crippen molar-refractivity contribution in [1.29, 1.82) is 0 Å². The van der Waals surface area contributed by atoms with Crippen LogP contribution in [0.4, 0.5) is 0 Å². The minimum absolute atomic E-state index is 0.0611. The molecule has 1 heterocycles. The van der Waals surface area contributed by atoms with E-state index >= 15 is 0 Å². The van der Waals surface area contributed by atoms with Crippen LogP contribution in [0.15, 0.2) is 0 Å². The molecular weight excluding hydrogens is 216 g/mol. The van der Waals surface area contributed by atoms with E-state index in [1.165, 1.54) is 25.7 Å². The molecule has 5 nitrogen and oxygen atoms in total. The van der Waals surface area contributed by atoms with Gasteiger partial charge in [-0.15, -0.1) is 10.2 Å². The zero-order valence-corrected chi connectivity index (χ0v) is 11.2. The molecule has 0 bridgehead atoms. The first-order chi connectivity index (χ1) is 8.20. The van der Waals surface area contributed by atoms with E-state index in [4.69, 9.17) is 4.74 Å². The Morgan fingerprint density at radius 2 is 2.06 bits per heavy atom. The number of H-pyrrole nitrogens is 1. The van der Waals surface area contributed by atoms with Gasteiger partial charge in [-0.2, -0.15) is 5.21 Å². The molecule has 17 heavy (non-hydrogen) atoms. The zero-order chi connectivity index (χ0) is 12.6. The van der Waals surface area contributed by atoms with Crippen LogP contribution in [0.5, 0.6) is 0 Å². The molecule has 0 aliphatic carbocycles. The summed E-state index contributed by atoms with van der Waals surface area (Å²) in [6, 6.07) is 0. The van der Waals surface area contributed by atoms with E-state index in [1.807, 2.05) is 0 Å². The van der Waals surface area contributed by atoms with Crippen molar-refractivity contribution < 1.29 is 4.74 Å². The van der Waals surface area contributed by atoms with Crippen LogP contribution in [0, 0.1) is 0 Å². The Balaban J connectivity index is 2.29.